The van der Waals surface area contributed by atoms with E-state index in [4.69, 9.17) is 0 Å². The van der Waals surface area contributed by atoms with Crippen LogP contribution in [0.25, 0.3) is 0 Å². The number of amides is 1. The fraction of sp³-hybridized carbons (Fsp3) is 0.500. The van der Waals surface area contributed by atoms with Gasteiger partial charge in [0, 0.05) is 13.6 Å². The molecule has 0 spiro atoms. The van der Waals surface area contributed by atoms with Crippen molar-refractivity contribution in [2.75, 3.05) is 19.3 Å². The van der Waals surface area contributed by atoms with E-state index in [-0.39, 0.29) is 5.24 Å². The summed E-state index contributed by atoms with van der Waals surface area (Å²) in [6, 6.07) is 10.5. The lowest BCUT2D eigenvalue weighted by molar-refractivity contribution is 0.232. The van der Waals surface area contributed by atoms with Crippen molar-refractivity contribution in [1.82, 2.24) is 4.90 Å². The minimum absolute atomic E-state index is 0.187. The van der Waals surface area contributed by atoms with Crippen LogP contribution in [-0.2, 0) is 6.42 Å². The highest BCUT2D eigenvalue weighted by Crippen LogP contribution is 2.09. The fourth-order valence-corrected chi connectivity index (χ4v) is 2.21. The molecule has 0 aliphatic heterocycles. The van der Waals surface area contributed by atoms with Gasteiger partial charge in [0.1, 0.15) is 0 Å². The van der Waals surface area contributed by atoms with E-state index >= 15 is 0 Å². The predicted molar refractivity (Wildman–Crippen MR) is 75.5 cm³/mol. The topological polar surface area (TPSA) is 20.3 Å². The highest BCUT2D eigenvalue weighted by molar-refractivity contribution is 8.13. The number of rotatable bonds is 6. The van der Waals surface area contributed by atoms with Crippen molar-refractivity contribution in [2.45, 2.75) is 26.2 Å². The van der Waals surface area contributed by atoms with Crippen LogP contribution in [0.3, 0.4) is 0 Å². The van der Waals surface area contributed by atoms with E-state index in [1.54, 1.807) is 0 Å². The van der Waals surface area contributed by atoms with Crippen molar-refractivity contribution in [2.24, 2.45) is 0 Å². The van der Waals surface area contributed by atoms with E-state index in [1.165, 1.54) is 17.3 Å². The summed E-state index contributed by atoms with van der Waals surface area (Å²) in [5.41, 5.74) is 1.38. The first-order chi connectivity index (χ1) is 8.24. The van der Waals surface area contributed by atoms with E-state index in [0.717, 1.165) is 31.6 Å². The Bertz CT molecular complexity index is 326. The Kier molecular flexibility index (Phi) is 6.78. The Morgan fingerprint density at radius 2 is 1.94 bits per heavy atom. The van der Waals surface area contributed by atoms with E-state index in [2.05, 4.69) is 24.3 Å². The molecule has 0 atom stereocenters. The normalized spacial score (nSPS) is 10.2. The maximum Gasteiger partial charge on any atom is 0.281 e. The van der Waals surface area contributed by atoms with Crippen LogP contribution in [0.2, 0.25) is 0 Å². The third-order valence-corrected chi connectivity index (χ3v) is 3.48. The number of hydrogen-bond donors (Lipinski definition) is 0. The molecule has 1 rings (SSSR count). The molecule has 0 aromatic heterocycles. The lowest BCUT2D eigenvalue weighted by atomic mass is 10.1. The molecule has 1 aromatic carbocycles. The zero-order valence-electron chi connectivity index (χ0n) is 10.7. The average molecular weight is 251 g/mol. The molecule has 0 unspecified atom stereocenters. The maximum absolute atomic E-state index is 11.5. The first kappa shape index (κ1) is 14.1. The molecular weight excluding hydrogens is 230 g/mol. The number of hydrogen-bond acceptors (Lipinski definition) is 2. The molecule has 0 radical (unpaired) electrons. The number of benzene rings is 1. The van der Waals surface area contributed by atoms with Crippen LogP contribution < -0.4 is 0 Å². The number of thioether (sulfide) groups is 1. The fourth-order valence-electron chi connectivity index (χ4n) is 1.65. The molecule has 94 valence electrons. The molecule has 2 nitrogen and oxygen atoms in total. The molecule has 3 heteroatoms. The van der Waals surface area contributed by atoms with Gasteiger partial charge >= 0.3 is 0 Å². The van der Waals surface area contributed by atoms with Gasteiger partial charge in [0.05, 0.1) is 0 Å². The van der Waals surface area contributed by atoms with Crippen molar-refractivity contribution in [3.8, 4) is 0 Å². The maximum atomic E-state index is 11.5. The number of carbonyl (C=O) groups is 1. The van der Waals surface area contributed by atoms with Gasteiger partial charge in [-0.3, -0.25) is 4.79 Å². The number of carbonyl (C=O) groups excluding carboxylic acids is 1. The van der Waals surface area contributed by atoms with Gasteiger partial charge in [-0.15, -0.1) is 0 Å². The summed E-state index contributed by atoms with van der Waals surface area (Å²) in [6.07, 6.45) is 3.31. The third-order valence-electron chi connectivity index (χ3n) is 2.63. The van der Waals surface area contributed by atoms with Gasteiger partial charge in [0.2, 0.25) is 0 Å². The third kappa shape index (κ3) is 5.78. The van der Waals surface area contributed by atoms with Gasteiger partial charge in [-0.1, -0.05) is 49.0 Å². The zero-order valence-corrected chi connectivity index (χ0v) is 11.5. The summed E-state index contributed by atoms with van der Waals surface area (Å²) in [6.45, 7) is 2.87. The number of nitrogens with zero attached hydrogens (tertiary/aromatic N) is 1. The molecule has 0 fully saturated rings. The summed E-state index contributed by atoms with van der Waals surface area (Å²) >= 11 is 1.38. The van der Waals surface area contributed by atoms with Crippen LogP contribution >= 0.6 is 11.8 Å². The lowest BCUT2D eigenvalue weighted by Crippen LogP contribution is -2.24. The zero-order chi connectivity index (χ0) is 12.5. The van der Waals surface area contributed by atoms with Gasteiger partial charge in [-0.2, -0.15) is 0 Å². The second-order valence-electron chi connectivity index (χ2n) is 4.06. The first-order valence-corrected chi connectivity index (χ1v) is 7.14. The van der Waals surface area contributed by atoms with E-state index in [9.17, 15) is 4.79 Å². The highest BCUT2D eigenvalue weighted by atomic mass is 32.2. The highest BCUT2D eigenvalue weighted by Gasteiger charge is 2.06. The summed E-state index contributed by atoms with van der Waals surface area (Å²) in [5, 5.41) is 0.187. The molecule has 0 N–H and O–H groups in total. The lowest BCUT2D eigenvalue weighted by Gasteiger charge is -2.15. The Hall–Kier alpha value is -0.960. The van der Waals surface area contributed by atoms with E-state index < -0.39 is 0 Å². The van der Waals surface area contributed by atoms with Crippen LogP contribution in [0.5, 0.6) is 0 Å². The van der Waals surface area contributed by atoms with Gasteiger partial charge in [-0.05, 0) is 30.6 Å². The minimum Gasteiger partial charge on any atom is -0.337 e. The van der Waals surface area contributed by atoms with Gasteiger partial charge in [0.15, 0.2) is 0 Å². The molecule has 0 aliphatic rings. The molecule has 0 aliphatic carbocycles. The van der Waals surface area contributed by atoms with Crippen molar-refractivity contribution in [3.05, 3.63) is 35.9 Å². The summed E-state index contributed by atoms with van der Waals surface area (Å²) in [7, 11) is 1.88. The number of aryl methyl sites for hydroxylation is 1. The largest absolute Gasteiger partial charge is 0.337 e. The van der Waals surface area contributed by atoms with Crippen LogP contribution in [0, 0.1) is 0 Å². The van der Waals surface area contributed by atoms with Crippen LogP contribution in [0.4, 0.5) is 4.79 Å². The molecule has 0 heterocycles. The molecule has 0 saturated carbocycles. The smallest absolute Gasteiger partial charge is 0.281 e. The van der Waals surface area contributed by atoms with Crippen LogP contribution in [0.15, 0.2) is 30.3 Å². The van der Waals surface area contributed by atoms with Crippen LogP contribution in [0.1, 0.15) is 25.3 Å². The SMILES string of the molecule is CCSC(=O)N(C)CCCCc1ccccc1. The first-order valence-electron chi connectivity index (χ1n) is 6.16. The van der Waals surface area contributed by atoms with E-state index in [1.807, 2.05) is 24.9 Å². The summed E-state index contributed by atoms with van der Waals surface area (Å²) in [4.78, 5) is 13.3. The van der Waals surface area contributed by atoms with Crippen molar-refractivity contribution >= 4 is 17.0 Å². The summed E-state index contributed by atoms with van der Waals surface area (Å²) in [5.74, 6) is 0.854. The van der Waals surface area contributed by atoms with Crippen LogP contribution in [-0.4, -0.2) is 29.5 Å². The van der Waals surface area contributed by atoms with E-state index in [0.29, 0.717) is 0 Å². The average Bonchev–Trinajstić information content (AvgIpc) is 2.36. The molecule has 1 aromatic rings. The molecular formula is C14H21NOS. The quantitative estimate of drug-likeness (QED) is 0.716. The minimum atomic E-state index is 0.187. The molecule has 1 amide bonds. The Balaban J connectivity index is 2.14. The second kappa shape index (κ2) is 8.18. The monoisotopic (exact) mass is 251 g/mol. The van der Waals surface area contributed by atoms with Crippen molar-refractivity contribution < 1.29 is 4.79 Å². The standard InChI is InChI=1S/C14H21NOS/c1-3-17-14(16)15(2)12-8-7-11-13-9-5-4-6-10-13/h4-6,9-10H,3,7-8,11-12H2,1-2H3. The van der Waals surface area contributed by atoms with Gasteiger partial charge in [-0.25, -0.2) is 0 Å². The Labute approximate surface area is 108 Å². The number of unbranched alkanes of at least 4 members (excludes halogenated alkanes) is 1. The predicted octanol–water partition coefficient (Wildman–Crippen LogP) is 3.81. The molecule has 0 bridgehead atoms. The van der Waals surface area contributed by atoms with Gasteiger partial charge in [0.25, 0.3) is 5.24 Å². The Morgan fingerprint density at radius 3 is 2.59 bits per heavy atom. The van der Waals surface area contributed by atoms with Crippen molar-refractivity contribution in [1.29, 1.82) is 0 Å². The Morgan fingerprint density at radius 1 is 1.24 bits per heavy atom. The molecule has 17 heavy (non-hydrogen) atoms. The second-order valence-corrected chi connectivity index (χ2v) is 5.28. The summed E-state index contributed by atoms with van der Waals surface area (Å²) < 4.78 is 0. The van der Waals surface area contributed by atoms with Crippen molar-refractivity contribution in [3.63, 3.8) is 0 Å². The molecule has 0 saturated heterocycles. The van der Waals surface area contributed by atoms with Gasteiger partial charge < -0.3 is 4.90 Å².